The third-order valence-corrected chi connectivity index (χ3v) is 0.552. The fourth-order valence-electron chi connectivity index (χ4n) is 0.187. The van der Waals surface area contributed by atoms with Gasteiger partial charge >= 0.3 is 0 Å². The van der Waals surface area contributed by atoms with Crippen LogP contribution in [0.15, 0.2) is 5.16 Å². The van der Waals surface area contributed by atoms with Gasteiger partial charge in [-0.2, -0.15) is 5.26 Å². The van der Waals surface area contributed by atoms with Gasteiger partial charge in [-0.1, -0.05) is 5.16 Å². The van der Waals surface area contributed by atoms with E-state index in [2.05, 4.69) is 11.0 Å². The minimum atomic E-state index is -0.917. The van der Waals surface area contributed by atoms with E-state index in [1.165, 1.54) is 6.07 Å². The highest BCUT2D eigenvalue weighted by Crippen LogP contribution is 1.70. The summed E-state index contributed by atoms with van der Waals surface area (Å²) in [4.78, 5) is 10.2. The Kier molecular flexibility index (Phi) is 2.79. The number of rotatable bonds is 1. The molecule has 0 aromatic carbocycles. The number of carbonyl (C=O) groups is 1. The maximum absolute atomic E-state index is 10.2. The van der Waals surface area contributed by atoms with Crippen molar-refractivity contribution in [3.63, 3.8) is 0 Å². The van der Waals surface area contributed by atoms with Crippen LogP contribution in [-0.2, 0) is 4.79 Å². The van der Waals surface area contributed by atoms with E-state index in [0.717, 1.165) is 0 Å². The number of hydrogen-bond donors (Lipinski definition) is 3. The van der Waals surface area contributed by atoms with Gasteiger partial charge in [0.1, 0.15) is 6.07 Å². The van der Waals surface area contributed by atoms with Crippen molar-refractivity contribution in [1.82, 2.24) is 5.43 Å². The van der Waals surface area contributed by atoms with E-state index in [-0.39, 0.29) is 0 Å². The number of hydrogen-bond acceptors (Lipinski definition) is 5. The smallest absolute Gasteiger partial charge is 0.298 e. The van der Waals surface area contributed by atoms with Gasteiger partial charge in [0.15, 0.2) is 0 Å². The van der Waals surface area contributed by atoms with E-state index in [0.29, 0.717) is 0 Å². The minimum absolute atomic E-state index is 0.669. The number of nitrogens with zero attached hydrogens (tertiary/aromatic N) is 2. The monoisotopic (exact) mass is 128 g/mol. The molecule has 1 amide bonds. The maximum atomic E-state index is 10.2. The number of nitriles is 1. The standard InChI is InChI=1S/C3H4N4O2/c4-1-2(7-9)3(8)6-5/h9H,5H2,(H,6,8)/b7-2-. The summed E-state index contributed by atoms with van der Waals surface area (Å²) in [7, 11) is 0. The molecule has 9 heavy (non-hydrogen) atoms. The fourth-order valence-corrected chi connectivity index (χ4v) is 0.187. The lowest BCUT2D eigenvalue weighted by molar-refractivity contribution is -0.114. The molecular weight excluding hydrogens is 124 g/mol. The first kappa shape index (κ1) is 7.39. The van der Waals surface area contributed by atoms with Crippen LogP contribution in [-0.4, -0.2) is 16.8 Å². The summed E-state index contributed by atoms with van der Waals surface area (Å²) in [6.07, 6.45) is 0. The van der Waals surface area contributed by atoms with Gasteiger partial charge in [-0.15, -0.1) is 0 Å². The quantitative estimate of drug-likeness (QED) is 0.129. The van der Waals surface area contributed by atoms with Gasteiger partial charge in [0.2, 0.25) is 5.71 Å². The van der Waals surface area contributed by atoms with E-state index < -0.39 is 11.6 Å². The maximum Gasteiger partial charge on any atom is 0.298 e. The molecule has 0 bridgehead atoms. The van der Waals surface area contributed by atoms with E-state index in [4.69, 9.17) is 10.5 Å². The van der Waals surface area contributed by atoms with Gasteiger partial charge in [0, 0.05) is 0 Å². The van der Waals surface area contributed by atoms with Crippen LogP contribution in [0.2, 0.25) is 0 Å². The highest BCUT2D eigenvalue weighted by Gasteiger charge is 2.07. The van der Waals surface area contributed by atoms with Crippen LogP contribution in [0.3, 0.4) is 0 Å². The highest BCUT2D eigenvalue weighted by atomic mass is 16.4. The SMILES string of the molecule is N#C/C(=N/O)C(=O)NN. The van der Waals surface area contributed by atoms with Crippen LogP contribution in [0.1, 0.15) is 0 Å². The molecule has 0 unspecified atom stereocenters. The van der Waals surface area contributed by atoms with Gasteiger partial charge in [0.05, 0.1) is 0 Å². The van der Waals surface area contributed by atoms with E-state index >= 15 is 0 Å². The van der Waals surface area contributed by atoms with Crippen LogP contribution in [0.5, 0.6) is 0 Å². The molecule has 0 aliphatic rings. The van der Waals surface area contributed by atoms with Crippen LogP contribution >= 0.6 is 0 Å². The van der Waals surface area contributed by atoms with Crippen molar-refractivity contribution < 1.29 is 10.0 Å². The number of oxime groups is 1. The van der Waals surface area contributed by atoms with Crippen molar-refractivity contribution in [3.8, 4) is 6.07 Å². The number of nitrogens with one attached hydrogen (secondary N) is 1. The van der Waals surface area contributed by atoms with Crippen LogP contribution in [0.25, 0.3) is 0 Å². The zero-order chi connectivity index (χ0) is 7.28. The molecule has 0 atom stereocenters. The third kappa shape index (κ3) is 1.75. The number of nitrogens with two attached hydrogens (primary N) is 1. The molecule has 6 heteroatoms. The summed E-state index contributed by atoms with van der Waals surface area (Å²) in [5.74, 6) is 3.66. The Balaban J connectivity index is 4.19. The molecule has 6 nitrogen and oxygen atoms in total. The van der Waals surface area contributed by atoms with Gasteiger partial charge in [-0.3, -0.25) is 10.2 Å². The Morgan fingerprint density at radius 2 is 2.44 bits per heavy atom. The molecule has 0 rings (SSSR count). The largest absolute Gasteiger partial charge is 0.410 e. The minimum Gasteiger partial charge on any atom is -0.410 e. The summed E-state index contributed by atoms with van der Waals surface area (Å²) in [5.41, 5.74) is 0.946. The normalized spacial score (nSPS) is 10.0. The van der Waals surface area contributed by atoms with E-state index in [1.54, 1.807) is 5.43 Å². The Morgan fingerprint density at radius 1 is 1.89 bits per heavy atom. The van der Waals surface area contributed by atoms with Gasteiger partial charge in [0.25, 0.3) is 5.91 Å². The van der Waals surface area contributed by atoms with Gasteiger partial charge < -0.3 is 5.21 Å². The van der Waals surface area contributed by atoms with E-state index in [1.807, 2.05) is 0 Å². The predicted molar refractivity (Wildman–Crippen MR) is 27.2 cm³/mol. The molecule has 0 aliphatic heterocycles. The first-order valence-corrected chi connectivity index (χ1v) is 1.89. The van der Waals surface area contributed by atoms with Crippen molar-refractivity contribution in [3.05, 3.63) is 0 Å². The number of amides is 1. The fraction of sp³-hybridized carbons (Fsp3) is 0. The Hall–Kier alpha value is -1.61. The summed E-state index contributed by atoms with van der Waals surface area (Å²) in [6.45, 7) is 0. The summed E-state index contributed by atoms with van der Waals surface area (Å²) >= 11 is 0. The molecular formula is C3H4N4O2. The Bertz CT molecular complexity index is 179. The highest BCUT2D eigenvalue weighted by molar-refractivity contribution is 6.44. The second-order valence-corrected chi connectivity index (χ2v) is 1.03. The van der Waals surface area contributed by atoms with Crippen LogP contribution in [0, 0.1) is 11.3 Å². The second kappa shape index (κ2) is 3.40. The molecule has 0 saturated heterocycles. The lowest BCUT2D eigenvalue weighted by atomic mass is 10.4. The molecule has 0 fully saturated rings. The third-order valence-electron chi connectivity index (χ3n) is 0.552. The average Bonchev–Trinajstić information content (AvgIpc) is 1.90. The first-order valence-electron chi connectivity index (χ1n) is 1.89. The zero-order valence-corrected chi connectivity index (χ0v) is 4.33. The molecule has 0 radical (unpaired) electrons. The lowest BCUT2D eigenvalue weighted by Gasteiger charge is -1.89. The molecule has 0 saturated carbocycles. The summed E-state index contributed by atoms with van der Waals surface area (Å²) < 4.78 is 0. The van der Waals surface area contributed by atoms with Crippen molar-refractivity contribution in [2.24, 2.45) is 11.0 Å². The zero-order valence-electron chi connectivity index (χ0n) is 4.33. The predicted octanol–water partition coefficient (Wildman–Crippen LogP) is -1.67. The van der Waals surface area contributed by atoms with Crippen LogP contribution in [0.4, 0.5) is 0 Å². The number of carbonyl (C=O) groups excluding carboxylic acids is 1. The molecule has 0 aromatic heterocycles. The van der Waals surface area contributed by atoms with Gasteiger partial charge in [-0.05, 0) is 0 Å². The number of hydrazine groups is 1. The molecule has 4 N–H and O–H groups in total. The van der Waals surface area contributed by atoms with Gasteiger partial charge in [-0.25, -0.2) is 5.84 Å². The molecule has 48 valence electrons. The van der Waals surface area contributed by atoms with Crippen molar-refractivity contribution in [2.75, 3.05) is 0 Å². The summed E-state index contributed by atoms with van der Waals surface area (Å²) in [6, 6.07) is 1.31. The van der Waals surface area contributed by atoms with Crippen molar-refractivity contribution in [2.45, 2.75) is 0 Å². The topological polar surface area (TPSA) is 111 Å². The average molecular weight is 128 g/mol. The van der Waals surface area contributed by atoms with E-state index in [9.17, 15) is 4.79 Å². The Morgan fingerprint density at radius 3 is 2.56 bits per heavy atom. The summed E-state index contributed by atoms with van der Waals surface area (Å²) in [5, 5.41) is 18.2. The molecule has 0 spiro atoms. The Labute approximate surface area is 50.5 Å². The van der Waals surface area contributed by atoms with Crippen molar-refractivity contribution in [1.29, 1.82) is 5.26 Å². The molecule has 0 aromatic rings. The lowest BCUT2D eigenvalue weighted by Crippen LogP contribution is -2.35. The second-order valence-electron chi connectivity index (χ2n) is 1.03. The first-order chi connectivity index (χ1) is 4.26. The van der Waals surface area contributed by atoms with Crippen LogP contribution < -0.4 is 11.3 Å². The van der Waals surface area contributed by atoms with Crippen molar-refractivity contribution >= 4 is 11.6 Å². The molecule has 0 aliphatic carbocycles. The molecule has 0 heterocycles.